The van der Waals surface area contributed by atoms with E-state index in [4.69, 9.17) is 4.74 Å². The molecule has 1 aliphatic heterocycles. The smallest absolute Gasteiger partial charge is 0.141 e. The van der Waals surface area contributed by atoms with Gasteiger partial charge in [-0.25, -0.2) is 0 Å². The van der Waals surface area contributed by atoms with Crippen molar-refractivity contribution in [1.29, 1.82) is 0 Å². The van der Waals surface area contributed by atoms with E-state index in [1.54, 1.807) is 7.11 Å². The predicted molar refractivity (Wildman–Crippen MR) is 57.8 cm³/mol. The maximum atomic E-state index is 5.25. The van der Waals surface area contributed by atoms with Gasteiger partial charge in [-0.05, 0) is 12.1 Å². The average Bonchev–Trinajstić information content (AvgIpc) is 2.16. The normalized spacial score (nSPS) is 16.1. The molecule has 0 unspecified atom stereocenters. The molecule has 76 valence electrons. The lowest BCUT2D eigenvalue weighted by Crippen LogP contribution is -2.45. The van der Waals surface area contributed by atoms with Crippen LogP contribution in [0, 0.1) is 5.92 Å². The molecule has 0 aromatic heterocycles. The quantitative estimate of drug-likeness (QED) is 0.755. The van der Waals surface area contributed by atoms with E-state index in [0.29, 0.717) is 0 Å². The summed E-state index contributed by atoms with van der Waals surface area (Å²) in [5.41, 5.74) is 1.09. The Labute approximate surface area is 84.5 Å². The van der Waals surface area contributed by atoms with Crippen LogP contribution < -0.4 is 15.4 Å². The minimum absolute atomic E-state index is 0.764. The number of hydrogen-bond acceptors (Lipinski definition) is 3. The number of anilines is 1. The molecule has 1 aromatic carbocycles. The first-order valence-electron chi connectivity index (χ1n) is 4.98. The third-order valence-corrected chi connectivity index (χ3v) is 2.55. The first kappa shape index (κ1) is 9.34. The summed E-state index contributed by atoms with van der Waals surface area (Å²) < 4.78 is 5.25. The lowest BCUT2D eigenvalue weighted by Gasteiger charge is -2.27. The largest absolute Gasteiger partial charge is 0.495 e. The van der Waals surface area contributed by atoms with E-state index >= 15 is 0 Å². The van der Waals surface area contributed by atoms with Gasteiger partial charge in [0.2, 0.25) is 0 Å². The zero-order valence-electron chi connectivity index (χ0n) is 8.42. The summed E-state index contributed by atoms with van der Waals surface area (Å²) in [6, 6.07) is 8.02. The molecule has 0 aliphatic carbocycles. The van der Waals surface area contributed by atoms with Crippen LogP contribution in [-0.2, 0) is 0 Å². The average molecular weight is 192 g/mol. The van der Waals surface area contributed by atoms with Crippen molar-refractivity contribution in [1.82, 2.24) is 5.32 Å². The highest BCUT2D eigenvalue weighted by Crippen LogP contribution is 2.23. The second-order valence-electron chi connectivity index (χ2n) is 3.61. The van der Waals surface area contributed by atoms with Crippen LogP contribution in [0.1, 0.15) is 0 Å². The fourth-order valence-corrected chi connectivity index (χ4v) is 1.54. The van der Waals surface area contributed by atoms with Gasteiger partial charge in [0, 0.05) is 25.6 Å². The summed E-state index contributed by atoms with van der Waals surface area (Å²) in [7, 11) is 1.70. The van der Waals surface area contributed by atoms with Crippen LogP contribution in [0.25, 0.3) is 0 Å². The molecule has 0 radical (unpaired) electrons. The van der Waals surface area contributed by atoms with Gasteiger partial charge in [0.25, 0.3) is 0 Å². The van der Waals surface area contributed by atoms with Gasteiger partial charge in [-0.2, -0.15) is 0 Å². The van der Waals surface area contributed by atoms with Gasteiger partial charge >= 0.3 is 0 Å². The monoisotopic (exact) mass is 192 g/mol. The molecule has 2 N–H and O–H groups in total. The molecule has 14 heavy (non-hydrogen) atoms. The molecule has 0 saturated carbocycles. The predicted octanol–water partition coefficient (Wildman–Crippen LogP) is 1.33. The van der Waals surface area contributed by atoms with Crippen LogP contribution >= 0.6 is 0 Å². The highest BCUT2D eigenvalue weighted by Gasteiger charge is 2.16. The first-order valence-corrected chi connectivity index (χ1v) is 4.98. The van der Waals surface area contributed by atoms with Crippen molar-refractivity contribution in [2.45, 2.75) is 0 Å². The van der Waals surface area contributed by atoms with Crippen molar-refractivity contribution in [2.24, 2.45) is 5.92 Å². The summed E-state index contributed by atoms with van der Waals surface area (Å²) >= 11 is 0. The van der Waals surface area contributed by atoms with Crippen molar-refractivity contribution in [2.75, 3.05) is 32.1 Å². The van der Waals surface area contributed by atoms with Crippen molar-refractivity contribution >= 4 is 5.69 Å². The SMILES string of the molecule is COc1ccccc1NCC1CNC1. The van der Waals surface area contributed by atoms with E-state index in [1.165, 1.54) is 0 Å². The molecule has 1 aliphatic rings. The number of rotatable bonds is 4. The highest BCUT2D eigenvalue weighted by atomic mass is 16.5. The second kappa shape index (κ2) is 4.33. The fraction of sp³-hybridized carbons (Fsp3) is 0.455. The molecule has 1 heterocycles. The number of para-hydroxylation sites is 2. The number of hydrogen-bond donors (Lipinski definition) is 2. The van der Waals surface area contributed by atoms with Crippen LogP contribution in [0.2, 0.25) is 0 Å². The number of ether oxygens (including phenoxy) is 1. The van der Waals surface area contributed by atoms with E-state index in [-0.39, 0.29) is 0 Å². The third kappa shape index (κ3) is 1.99. The van der Waals surface area contributed by atoms with Crippen LogP contribution in [0.4, 0.5) is 5.69 Å². The van der Waals surface area contributed by atoms with Crippen molar-refractivity contribution in [3.05, 3.63) is 24.3 Å². The van der Waals surface area contributed by atoms with E-state index in [1.807, 2.05) is 24.3 Å². The molecule has 1 fully saturated rings. The van der Waals surface area contributed by atoms with E-state index in [2.05, 4.69) is 10.6 Å². The van der Waals surface area contributed by atoms with Gasteiger partial charge in [-0.15, -0.1) is 0 Å². The summed E-state index contributed by atoms with van der Waals surface area (Å²) in [4.78, 5) is 0. The van der Waals surface area contributed by atoms with Crippen molar-refractivity contribution in [3.63, 3.8) is 0 Å². The van der Waals surface area contributed by atoms with Crippen molar-refractivity contribution < 1.29 is 4.74 Å². The van der Waals surface area contributed by atoms with Gasteiger partial charge < -0.3 is 15.4 Å². The van der Waals surface area contributed by atoms with Gasteiger partial charge in [0.05, 0.1) is 12.8 Å². The Morgan fingerprint density at radius 3 is 2.86 bits per heavy atom. The number of benzene rings is 1. The Balaban J connectivity index is 1.93. The molecule has 2 rings (SSSR count). The Kier molecular flexibility index (Phi) is 2.89. The molecule has 3 nitrogen and oxygen atoms in total. The molecule has 0 amide bonds. The highest BCUT2D eigenvalue weighted by molar-refractivity contribution is 5.56. The maximum absolute atomic E-state index is 5.25. The summed E-state index contributed by atoms with van der Waals surface area (Å²) in [6.07, 6.45) is 0. The van der Waals surface area contributed by atoms with Crippen LogP contribution in [0.3, 0.4) is 0 Å². The third-order valence-electron chi connectivity index (χ3n) is 2.55. The molecular formula is C11H16N2O. The fourth-order valence-electron chi connectivity index (χ4n) is 1.54. The Hall–Kier alpha value is -1.22. The summed E-state index contributed by atoms with van der Waals surface area (Å²) in [6.45, 7) is 3.28. The van der Waals surface area contributed by atoms with Crippen LogP contribution in [0.5, 0.6) is 5.75 Å². The lowest BCUT2D eigenvalue weighted by molar-refractivity contribution is 0.364. The van der Waals surface area contributed by atoms with E-state index in [9.17, 15) is 0 Å². The topological polar surface area (TPSA) is 33.3 Å². The molecular weight excluding hydrogens is 176 g/mol. The van der Waals surface area contributed by atoms with Gasteiger partial charge in [-0.1, -0.05) is 12.1 Å². The molecule has 0 bridgehead atoms. The maximum Gasteiger partial charge on any atom is 0.141 e. The minimum atomic E-state index is 0.764. The number of nitrogens with one attached hydrogen (secondary N) is 2. The first-order chi connectivity index (χ1) is 6.90. The lowest BCUT2D eigenvalue weighted by atomic mass is 10.0. The summed E-state index contributed by atoms with van der Waals surface area (Å²) in [5, 5.41) is 6.66. The molecule has 3 heteroatoms. The van der Waals surface area contributed by atoms with Gasteiger partial charge in [0.15, 0.2) is 0 Å². The van der Waals surface area contributed by atoms with Gasteiger partial charge in [-0.3, -0.25) is 0 Å². The van der Waals surface area contributed by atoms with Crippen LogP contribution in [0.15, 0.2) is 24.3 Å². The van der Waals surface area contributed by atoms with E-state index < -0.39 is 0 Å². The number of methoxy groups -OCH3 is 1. The van der Waals surface area contributed by atoms with Crippen molar-refractivity contribution in [3.8, 4) is 5.75 Å². The molecule has 1 saturated heterocycles. The summed E-state index contributed by atoms with van der Waals surface area (Å²) in [5.74, 6) is 1.68. The van der Waals surface area contributed by atoms with Crippen LogP contribution in [-0.4, -0.2) is 26.7 Å². The molecule has 0 spiro atoms. The Morgan fingerprint density at radius 2 is 2.21 bits per heavy atom. The van der Waals surface area contributed by atoms with Gasteiger partial charge in [0.1, 0.15) is 5.75 Å². The molecule has 0 atom stereocenters. The zero-order chi connectivity index (χ0) is 9.80. The standard InChI is InChI=1S/C11H16N2O/c1-14-11-5-3-2-4-10(11)13-8-9-6-12-7-9/h2-5,9,12-13H,6-8H2,1H3. The Morgan fingerprint density at radius 1 is 1.43 bits per heavy atom. The Bertz CT molecular complexity index is 297. The zero-order valence-corrected chi connectivity index (χ0v) is 8.42. The minimum Gasteiger partial charge on any atom is -0.495 e. The second-order valence-corrected chi connectivity index (χ2v) is 3.61. The molecule has 1 aromatic rings. The van der Waals surface area contributed by atoms with E-state index in [0.717, 1.165) is 37.0 Å².